The highest BCUT2D eigenvalue weighted by Crippen LogP contribution is 2.21. The van der Waals surface area contributed by atoms with Crippen LogP contribution in [0.15, 0.2) is 42.5 Å². The van der Waals surface area contributed by atoms with Gasteiger partial charge in [0.1, 0.15) is 11.7 Å². The Hall–Kier alpha value is -2.92. The number of piperazine rings is 1. The van der Waals surface area contributed by atoms with Gasteiger partial charge in [0.2, 0.25) is 5.84 Å². The standard InChI is InChI=1S/C23H25F6N5/c24-18-12-20(26)19(25)11-16(18)10-17(32-13-15-4-2-1-3-5-15)6-7-33-8-9-34(21(30)14-33)22(31)23(27,28)29/h1-5,11-12,17,30-32H,6-10,13-14H2. The lowest BCUT2D eigenvalue weighted by Crippen LogP contribution is -2.55. The quantitative estimate of drug-likeness (QED) is 0.226. The van der Waals surface area contributed by atoms with E-state index >= 15 is 0 Å². The van der Waals surface area contributed by atoms with E-state index in [1.165, 1.54) is 0 Å². The van der Waals surface area contributed by atoms with Gasteiger partial charge in [0.15, 0.2) is 11.6 Å². The summed E-state index contributed by atoms with van der Waals surface area (Å²) >= 11 is 0. The fraction of sp³-hybridized carbons (Fsp3) is 0.391. The second-order valence-corrected chi connectivity index (χ2v) is 8.13. The number of rotatable bonds is 8. The van der Waals surface area contributed by atoms with Gasteiger partial charge in [-0.2, -0.15) is 13.2 Å². The van der Waals surface area contributed by atoms with Crippen molar-refractivity contribution in [2.24, 2.45) is 0 Å². The minimum absolute atomic E-state index is 0.0145. The molecular weight excluding hydrogens is 460 g/mol. The maximum absolute atomic E-state index is 14.2. The number of halogens is 6. The van der Waals surface area contributed by atoms with E-state index in [9.17, 15) is 26.3 Å². The first-order chi connectivity index (χ1) is 16.0. The second-order valence-electron chi connectivity index (χ2n) is 8.13. The Morgan fingerprint density at radius 3 is 2.32 bits per heavy atom. The highest BCUT2D eigenvalue weighted by molar-refractivity contribution is 6.01. The summed E-state index contributed by atoms with van der Waals surface area (Å²) in [6.45, 7) is 0.836. The highest BCUT2D eigenvalue weighted by Gasteiger charge is 2.41. The Labute approximate surface area is 193 Å². The Morgan fingerprint density at radius 1 is 1.00 bits per heavy atom. The lowest BCUT2D eigenvalue weighted by atomic mass is 10.0. The van der Waals surface area contributed by atoms with Gasteiger partial charge in [-0.05, 0) is 30.0 Å². The zero-order valence-corrected chi connectivity index (χ0v) is 18.2. The molecule has 0 radical (unpaired) electrons. The van der Waals surface area contributed by atoms with Crippen molar-refractivity contribution >= 4 is 11.7 Å². The van der Waals surface area contributed by atoms with Crippen molar-refractivity contribution in [1.29, 1.82) is 10.8 Å². The normalized spacial score (nSPS) is 16.1. The van der Waals surface area contributed by atoms with E-state index in [2.05, 4.69) is 5.32 Å². The zero-order valence-electron chi connectivity index (χ0n) is 18.2. The minimum Gasteiger partial charge on any atom is -0.310 e. The molecule has 2 aromatic rings. The van der Waals surface area contributed by atoms with Crippen LogP contribution in [0.2, 0.25) is 0 Å². The number of nitrogens with zero attached hydrogens (tertiary/aromatic N) is 2. The molecule has 3 N–H and O–H groups in total. The van der Waals surface area contributed by atoms with Crippen molar-refractivity contribution in [2.75, 3.05) is 26.2 Å². The maximum Gasteiger partial charge on any atom is 0.449 e. The molecule has 3 rings (SSSR count). The summed E-state index contributed by atoms with van der Waals surface area (Å²) in [6.07, 6.45) is -4.32. The lowest BCUT2D eigenvalue weighted by Gasteiger charge is -2.37. The van der Waals surface area contributed by atoms with Crippen molar-refractivity contribution in [3.8, 4) is 0 Å². The SMILES string of the molecule is N=C1CN(CCC(Cc2cc(F)c(F)cc2F)NCc2ccccc2)CCN1C(=N)C(F)(F)F. The van der Waals surface area contributed by atoms with E-state index in [1.54, 1.807) is 4.90 Å². The number of hydrogen-bond donors (Lipinski definition) is 3. The second kappa shape index (κ2) is 11.0. The van der Waals surface area contributed by atoms with Crippen molar-refractivity contribution < 1.29 is 26.3 Å². The molecule has 34 heavy (non-hydrogen) atoms. The fourth-order valence-corrected chi connectivity index (χ4v) is 3.80. The summed E-state index contributed by atoms with van der Waals surface area (Å²) in [5.74, 6) is -5.15. The third kappa shape index (κ3) is 6.80. The van der Waals surface area contributed by atoms with E-state index < -0.39 is 29.5 Å². The number of hydrogen-bond acceptors (Lipinski definition) is 4. The van der Waals surface area contributed by atoms with Gasteiger partial charge in [-0.25, -0.2) is 13.2 Å². The van der Waals surface area contributed by atoms with E-state index in [0.717, 1.165) is 11.6 Å². The van der Waals surface area contributed by atoms with E-state index in [1.807, 2.05) is 30.3 Å². The van der Waals surface area contributed by atoms with Crippen LogP contribution in [0, 0.1) is 28.3 Å². The summed E-state index contributed by atoms with van der Waals surface area (Å²) in [5, 5.41) is 18.5. The first kappa shape index (κ1) is 25.7. The third-order valence-corrected chi connectivity index (χ3v) is 5.66. The van der Waals surface area contributed by atoms with Crippen LogP contribution in [0.25, 0.3) is 0 Å². The van der Waals surface area contributed by atoms with Gasteiger partial charge in [0.25, 0.3) is 0 Å². The van der Waals surface area contributed by atoms with Crippen LogP contribution in [0.1, 0.15) is 17.5 Å². The van der Waals surface area contributed by atoms with Gasteiger partial charge >= 0.3 is 6.18 Å². The van der Waals surface area contributed by atoms with E-state index in [0.29, 0.717) is 30.5 Å². The molecular formula is C23H25F6N5. The van der Waals surface area contributed by atoms with Crippen molar-refractivity contribution in [1.82, 2.24) is 15.1 Å². The first-order valence-corrected chi connectivity index (χ1v) is 10.7. The summed E-state index contributed by atoms with van der Waals surface area (Å²) in [7, 11) is 0. The molecule has 1 aliphatic rings. The van der Waals surface area contributed by atoms with E-state index in [4.69, 9.17) is 10.8 Å². The summed E-state index contributed by atoms with van der Waals surface area (Å²) < 4.78 is 79.6. The zero-order chi connectivity index (χ0) is 24.9. The molecule has 0 saturated carbocycles. The predicted octanol–water partition coefficient (Wildman–Crippen LogP) is 4.33. The van der Waals surface area contributed by atoms with Gasteiger partial charge in [-0.1, -0.05) is 30.3 Å². The molecule has 11 heteroatoms. The molecule has 0 spiro atoms. The largest absolute Gasteiger partial charge is 0.449 e. The van der Waals surface area contributed by atoms with Crippen LogP contribution in [0.5, 0.6) is 0 Å². The molecule has 1 heterocycles. The molecule has 2 aromatic carbocycles. The molecule has 0 bridgehead atoms. The predicted molar refractivity (Wildman–Crippen MR) is 116 cm³/mol. The molecule has 1 unspecified atom stereocenters. The van der Waals surface area contributed by atoms with Crippen LogP contribution >= 0.6 is 0 Å². The Morgan fingerprint density at radius 2 is 1.68 bits per heavy atom. The molecule has 0 amide bonds. The van der Waals surface area contributed by atoms with Crippen molar-refractivity contribution in [3.05, 3.63) is 71.0 Å². The molecule has 5 nitrogen and oxygen atoms in total. The molecule has 1 saturated heterocycles. The lowest BCUT2D eigenvalue weighted by molar-refractivity contribution is -0.0677. The number of benzene rings is 2. The Balaban J connectivity index is 1.64. The van der Waals surface area contributed by atoms with Gasteiger partial charge in [-0.3, -0.25) is 15.7 Å². The van der Waals surface area contributed by atoms with E-state index in [-0.39, 0.29) is 43.5 Å². The first-order valence-electron chi connectivity index (χ1n) is 10.7. The molecule has 184 valence electrons. The molecule has 0 aromatic heterocycles. The van der Waals surface area contributed by atoms with Crippen LogP contribution < -0.4 is 5.32 Å². The van der Waals surface area contributed by atoms with Crippen LogP contribution in [0.3, 0.4) is 0 Å². The third-order valence-electron chi connectivity index (χ3n) is 5.66. The molecule has 1 atom stereocenters. The fourth-order valence-electron chi connectivity index (χ4n) is 3.80. The molecule has 1 fully saturated rings. The molecule has 1 aliphatic heterocycles. The van der Waals surface area contributed by atoms with Crippen LogP contribution in [-0.2, 0) is 13.0 Å². The smallest absolute Gasteiger partial charge is 0.310 e. The minimum atomic E-state index is -4.82. The van der Waals surface area contributed by atoms with Gasteiger partial charge < -0.3 is 10.2 Å². The maximum atomic E-state index is 14.2. The number of nitrogens with one attached hydrogen (secondary N) is 3. The van der Waals surface area contributed by atoms with Crippen molar-refractivity contribution in [3.63, 3.8) is 0 Å². The topological polar surface area (TPSA) is 66.2 Å². The summed E-state index contributed by atoms with van der Waals surface area (Å²) in [6, 6.07) is 10.4. The number of alkyl halides is 3. The van der Waals surface area contributed by atoms with Crippen molar-refractivity contribution in [2.45, 2.75) is 31.6 Å². The average molecular weight is 485 g/mol. The van der Waals surface area contributed by atoms with Crippen LogP contribution in [0.4, 0.5) is 26.3 Å². The monoisotopic (exact) mass is 485 g/mol. The summed E-state index contributed by atoms with van der Waals surface area (Å²) in [4.78, 5) is 2.42. The summed E-state index contributed by atoms with van der Waals surface area (Å²) in [5.41, 5.74) is 0.986. The highest BCUT2D eigenvalue weighted by atomic mass is 19.4. The van der Waals surface area contributed by atoms with Gasteiger partial charge in [0.05, 0.1) is 6.54 Å². The van der Waals surface area contributed by atoms with Crippen LogP contribution in [-0.4, -0.2) is 59.9 Å². The Kier molecular flexibility index (Phi) is 8.32. The molecule has 0 aliphatic carbocycles. The van der Waals surface area contributed by atoms with Gasteiger partial charge in [0, 0.05) is 38.3 Å². The number of amidine groups is 2. The Bertz CT molecular complexity index is 1010. The van der Waals surface area contributed by atoms with Gasteiger partial charge in [-0.15, -0.1) is 0 Å². The average Bonchev–Trinajstić information content (AvgIpc) is 2.78.